The number of nitriles is 1. The molecule has 1 amide bonds. The highest BCUT2D eigenvalue weighted by Gasteiger charge is 2.14. The Morgan fingerprint density at radius 3 is 2.74 bits per heavy atom. The highest BCUT2D eigenvalue weighted by molar-refractivity contribution is 9.10. The number of hydrogen-bond donors (Lipinski definition) is 1. The first-order valence-corrected chi connectivity index (χ1v) is 9.34. The van der Waals surface area contributed by atoms with E-state index < -0.39 is 5.91 Å². The molecule has 2 aromatic rings. The lowest BCUT2D eigenvalue weighted by molar-refractivity contribution is -0.112. The minimum Gasteiger partial charge on any atom is -0.493 e. The zero-order valence-electron chi connectivity index (χ0n) is 14.9. The van der Waals surface area contributed by atoms with Crippen LogP contribution in [0.4, 0.5) is 5.69 Å². The molecule has 0 fully saturated rings. The number of amides is 1. The van der Waals surface area contributed by atoms with E-state index in [2.05, 4.69) is 21.2 Å². The summed E-state index contributed by atoms with van der Waals surface area (Å²) in [5.41, 5.74) is 1.07. The van der Waals surface area contributed by atoms with Gasteiger partial charge in [-0.3, -0.25) is 4.79 Å². The number of methoxy groups -OCH3 is 1. The van der Waals surface area contributed by atoms with Crippen molar-refractivity contribution in [2.45, 2.75) is 13.3 Å². The van der Waals surface area contributed by atoms with E-state index in [4.69, 9.17) is 21.1 Å². The quantitative estimate of drug-likeness (QED) is 0.451. The first-order valence-electron chi connectivity index (χ1n) is 8.17. The lowest BCUT2D eigenvalue weighted by atomic mass is 10.1. The Hall–Kier alpha value is -2.49. The Labute approximate surface area is 171 Å². The number of rotatable bonds is 7. The number of nitrogens with one attached hydrogen (secondary N) is 1. The van der Waals surface area contributed by atoms with Gasteiger partial charge in [0.1, 0.15) is 11.6 Å². The lowest BCUT2D eigenvalue weighted by Gasteiger charge is -2.12. The third-order valence-electron chi connectivity index (χ3n) is 3.49. The Kier molecular flexibility index (Phi) is 7.71. The first kappa shape index (κ1) is 20.8. The van der Waals surface area contributed by atoms with Crippen molar-refractivity contribution in [3.05, 3.63) is 57.0 Å². The lowest BCUT2D eigenvalue weighted by Crippen LogP contribution is -2.13. The Morgan fingerprint density at radius 2 is 2.11 bits per heavy atom. The maximum atomic E-state index is 12.4. The molecule has 0 bridgehead atoms. The van der Waals surface area contributed by atoms with Crippen LogP contribution in [0.25, 0.3) is 6.08 Å². The van der Waals surface area contributed by atoms with E-state index in [0.29, 0.717) is 38.9 Å². The summed E-state index contributed by atoms with van der Waals surface area (Å²) in [6, 6.07) is 12.1. The van der Waals surface area contributed by atoms with Crippen LogP contribution in [0.5, 0.6) is 11.5 Å². The number of carbonyl (C=O) groups is 1. The summed E-state index contributed by atoms with van der Waals surface area (Å²) in [5.74, 6) is 0.577. The molecule has 0 spiro atoms. The normalized spacial score (nSPS) is 10.9. The summed E-state index contributed by atoms with van der Waals surface area (Å²) in [6.07, 6.45) is 2.35. The molecule has 5 nitrogen and oxygen atoms in total. The second kappa shape index (κ2) is 10.0. The molecule has 140 valence electrons. The summed E-state index contributed by atoms with van der Waals surface area (Å²) >= 11 is 9.36. The van der Waals surface area contributed by atoms with Gasteiger partial charge in [0, 0.05) is 15.2 Å². The fraction of sp³-hybridized carbons (Fsp3) is 0.200. The van der Waals surface area contributed by atoms with Crippen LogP contribution in [0.15, 0.2) is 46.4 Å². The molecule has 2 rings (SSSR count). The van der Waals surface area contributed by atoms with Crippen LogP contribution in [0.2, 0.25) is 5.02 Å². The summed E-state index contributed by atoms with van der Waals surface area (Å²) in [7, 11) is 1.53. The van der Waals surface area contributed by atoms with Crippen molar-refractivity contribution >= 4 is 45.2 Å². The second-order valence-corrected chi connectivity index (χ2v) is 6.80. The molecule has 0 aliphatic rings. The molecule has 0 heterocycles. The Bertz CT molecular complexity index is 907. The predicted octanol–water partition coefficient (Wildman–Crippen LogP) is 5.45. The number of ether oxygens (including phenoxy) is 2. The van der Waals surface area contributed by atoms with Gasteiger partial charge < -0.3 is 14.8 Å². The van der Waals surface area contributed by atoms with Gasteiger partial charge in [-0.1, -0.05) is 40.5 Å². The first-order chi connectivity index (χ1) is 13.0. The van der Waals surface area contributed by atoms with Crippen molar-refractivity contribution in [1.82, 2.24) is 0 Å². The monoisotopic (exact) mass is 448 g/mol. The van der Waals surface area contributed by atoms with E-state index in [1.54, 1.807) is 36.4 Å². The van der Waals surface area contributed by atoms with Crippen molar-refractivity contribution in [3.63, 3.8) is 0 Å². The molecule has 0 saturated carbocycles. The zero-order chi connectivity index (χ0) is 19.8. The predicted molar refractivity (Wildman–Crippen MR) is 110 cm³/mol. The molecule has 2 aromatic carbocycles. The molecule has 7 heteroatoms. The average molecular weight is 450 g/mol. The van der Waals surface area contributed by atoms with Gasteiger partial charge in [-0.05, 0) is 48.4 Å². The van der Waals surface area contributed by atoms with Gasteiger partial charge in [-0.25, -0.2) is 0 Å². The molecule has 0 radical (unpaired) electrons. The standard InChI is InChI=1S/C20H18BrClN2O3/c1-3-7-27-19-11-17(21)13(9-18(19)26-2)8-14(12-23)20(25)24-16-6-4-5-15(22)10-16/h4-6,8-11H,3,7H2,1-2H3,(H,24,25). The molecule has 0 aromatic heterocycles. The van der Waals surface area contributed by atoms with Crippen molar-refractivity contribution in [3.8, 4) is 17.6 Å². The SMILES string of the molecule is CCCOc1cc(Br)c(C=C(C#N)C(=O)Nc2cccc(Cl)c2)cc1OC. The van der Waals surface area contributed by atoms with Crippen LogP contribution >= 0.6 is 27.5 Å². The van der Waals surface area contributed by atoms with Crippen LogP contribution in [-0.2, 0) is 4.79 Å². The van der Waals surface area contributed by atoms with E-state index in [9.17, 15) is 10.1 Å². The Morgan fingerprint density at radius 1 is 1.33 bits per heavy atom. The number of nitrogens with zero attached hydrogens (tertiary/aromatic N) is 1. The summed E-state index contributed by atoms with van der Waals surface area (Å²) in [5, 5.41) is 12.5. The van der Waals surface area contributed by atoms with Gasteiger partial charge in [-0.2, -0.15) is 5.26 Å². The molecule has 0 unspecified atom stereocenters. The van der Waals surface area contributed by atoms with Gasteiger partial charge in [0.05, 0.1) is 13.7 Å². The van der Waals surface area contributed by atoms with Gasteiger partial charge in [-0.15, -0.1) is 0 Å². The maximum Gasteiger partial charge on any atom is 0.266 e. The van der Waals surface area contributed by atoms with Crippen LogP contribution in [0.3, 0.4) is 0 Å². The maximum absolute atomic E-state index is 12.4. The fourth-order valence-electron chi connectivity index (χ4n) is 2.21. The van der Waals surface area contributed by atoms with Crippen LogP contribution < -0.4 is 14.8 Å². The molecule has 1 N–H and O–H groups in total. The average Bonchev–Trinajstić information content (AvgIpc) is 2.65. The third-order valence-corrected chi connectivity index (χ3v) is 4.41. The van der Waals surface area contributed by atoms with E-state index in [1.165, 1.54) is 13.2 Å². The number of benzene rings is 2. The van der Waals surface area contributed by atoms with Gasteiger partial charge in [0.15, 0.2) is 11.5 Å². The molecular weight excluding hydrogens is 432 g/mol. The van der Waals surface area contributed by atoms with Gasteiger partial charge in [0.25, 0.3) is 5.91 Å². The van der Waals surface area contributed by atoms with Gasteiger partial charge >= 0.3 is 0 Å². The topological polar surface area (TPSA) is 71.3 Å². The molecular formula is C20H18BrClN2O3. The van der Waals surface area contributed by atoms with E-state index >= 15 is 0 Å². The molecule has 0 saturated heterocycles. The second-order valence-electron chi connectivity index (χ2n) is 5.51. The minimum atomic E-state index is -0.531. The zero-order valence-corrected chi connectivity index (χ0v) is 17.2. The summed E-state index contributed by atoms with van der Waals surface area (Å²) in [6.45, 7) is 2.57. The van der Waals surface area contributed by atoms with Crippen molar-refractivity contribution in [2.75, 3.05) is 19.0 Å². The summed E-state index contributed by atoms with van der Waals surface area (Å²) < 4.78 is 11.7. The number of halogens is 2. The smallest absolute Gasteiger partial charge is 0.266 e. The van der Waals surface area contributed by atoms with E-state index in [1.807, 2.05) is 13.0 Å². The van der Waals surface area contributed by atoms with E-state index in [0.717, 1.165) is 6.42 Å². The molecule has 0 aliphatic heterocycles. The van der Waals surface area contributed by atoms with Crippen LogP contribution in [0.1, 0.15) is 18.9 Å². The van der Waals surface area contributed by atoms with Crippen LogP contribution in [0, 0.1) is 11.3 Å². The van der Waals surface area contributed by atoms with Gasteiger partial charge in [0.2, 0.25) is 0 Å². The fourth-order valence-corrected chi connectivity index (χ4v) is 2.84. The van der Waals surface area contributed by atoms with E-state index in [-0.39, 0.29) is 5.57 Å². The highest BCUT2D eigenvalue weighted by atomic mass is 79.9. The molecule has 27 heavy (non-hydrogen) atoms. The number of anilines is 1. The number of carbonyl (C=O) groups excluding carboxylic acids is 1. The van der Waals surface area contributed by atoms with Crippen molar-refractivity contribution < 1.29 is 14.3 Å². The third kappa shape index (κ3) is 5.75. The highest BCUT2D eigenvalue weighted by Crippen LogP contribution is 2.34. The van der Waals surface area contributed by atoms with Crippen molar-refractivity contribution in [1.29, 1.82) is 5.26 Å². The summed E-state index contributed by atoms with van der Waals surface area (Å²) in [4.78, 5) is 12.4. The molecule has 0 atom stereocenters. The largest absolute Gasteiger partial charge is 0.493 e. The minimum absolute atomic E-state index is 0.0556. The Balaban J connectivity index is 2.30. The number of hydrogen-bond acceptors (Lipinski definition) is 4. The van der Waals surface area contributed by atoms with Crippen molar-refractivity contribution in [2.24, 2.45) is 0 Å². The van der Waals surface area contributed by atoms with Crippen LogP contribution in [-0.4, -0.2) is 19.6 Å². The molecule has 0 aliphatic carbocycles.